The van der Waals surface area contributed by atoms with Crippen molar-refractivity contribution in [2.75, 3.05) is 13.2 Å². The predicted molar refractivity (Wildman–Crippen MR) is 273 cm³/mol. The summed E-state index contributed by atoms with van der Waals surface area (Å²) in [4.78, 5) is 24.4. The van der Waals surface area contributed by atoms with Crippen molar-refractivity contribution in [3.63, 3.8) is 0 Å². The van der Waals surface area contributed by atoms with Crippen molar-refractivity contribution < 1.29 is 24.5 Å². The van der Waals surface area contributed by atoms with Crippen molar-refractivity contribution in [3.8, 4) is 0 Å². The van der Waals surface area contributed by atoms with E-state index in [4.69, 9.17) is 4.74 Å². The van der Waals surface area contributed by atoms with Crippen molar-refractivity contribution in [2.24, 2.45) is 0 Å². The Balaban J connectivity index is 3.47. The Labute approximate surface area is 392 Å². The number of rotatable bonds is 51. The van der Waals surface area contributed by atoms with E-state index in [1.165, 1.54) is 212 Å². The van der Waals surface area contributed by atoms with Crippen molar-refractivity contribution in [3.05, 3.63) is 36.5 Å². The summed E-state index contributed by atoms with van der Waals surface area (Å²) < 4.78 is 5.46. The third-order valence-electron chi connectivity index (χ3n) is 12.6. The molecule has 2 atom stereocenters. The second-order valence-electron chi connectivity index (χ2n) is 18.9. The minimum absolute atomic E-state index is 0.00583. The molecular weight excluding hydrogens is 779 g/mol. The molecule has 0 aromatic carbocycles. The number of amides is 1. The molecule has 1 amide bonds. The van der Waals surface area contributed by atoms with Gasteiger partial charge in [0.1, 0.15) is 0 Å². The number of allylic oxidation sites excluding steroid dienone is 5. The maximum absolute atomic E-state index is 12.4. The molecule has 0 aromatic heterocycles. The van der Waals surface area contributed by atoms with Gasteiger partial charge in [-0.2, -0.15) is 0 Å². The summed E-state index contributed by atoms with van der Waals surface area (Å²) in [7, 11) is 0. The first-order chi connectivity index (χ1) is 31.0. The van der Waals surface area contributed by atoms with Crippen molar-refractivity contribution in [2.45, 2.75) is 302 Å². The molecule has 0 aromatic rings. The average Bonchev–Trinajstić information content (AvgIpc) is 3.28. The summed E-state index contributed by atoms with van der Waals surface area (Å²) in [5.74, 6) is -0.0842. The number of esters is 1. The van der Waals surface area contributed by atoms with Gasteiger partial charge >= 0.3 is 5.97 Å². The van der Waals surface area contributed by atoms with Crippen molar-refractivity contribution in [1.29, 1.82) is 0 Å². The molecule has 63 heavy (non-hydrogen) atoms. The van der Waals surface area contributed by atoms with Crippen molar-refractivity contribution in [1.82, 2.24) is 5.32 Å². The van der Waals surface area contributed by atoms with Crippen molar-refractivity contribution >= 4 is 11.9 Å². The molecule has 0 aliphatic heterocycles. The summed E-state index contributed by atoms with van der Waals surface area (Å²) in [6.45, 7) is 4.87. The third-order valence-corrected chi connectivity index (χ3v) is 12.6. The maximum atomic E-state index is 12.4. The number of hydrogen-bond donors (Lipinski definition) is 3. The summed E-state index contributed by atoms with van der Waals surface area (Å²) in [6.07, 6.45) is 64.4. The molecule has 0 saturated carbocycles. The van der Waals surface area contributed by atoms with Gasteiger partial charge < -0.3 is 20.3 Å². The molecular formula is C57H107NO5. The van der Waals surface area contributed by atoms with Gasteiger partial charge in [-0.15, -0.1) is 0 Å². The topological polar surface area (TPSA) is 95.9 Å². The monoisotopic (exact) mass is 886 g/mol. The summed E-state index contributed by atoms with van der Waals surface area (Å²) in [5.41, 5.74) is 0. The van der Waals surface area contributed by atoms with Gasteiger partial charge in [-0.1, -0.05) is 230 Å². The van der Waals surface area contributed by atoms with E-state index in [0.717, 1.165) is 51.4 Å². The standard InChI is InChI=1S/C57H107NO5/c1-3-5-7-9-11-13-15-17-27-31-35-39-43-47-51-57(62)63-52-48-44-40-36-32-28-24-22-20-18-19-21-23-26-30-34-38-42-46-50-56(61)58-54(53-59)55(60)49-45-41-37-33-29-25-16-14-12-10-8-6-4-2/h15,17-19,45,49,54-55,59-60H,3-14,16,20-44,46-48,50-53H2,1-2H3,(H,58,61)/b17-15-,19-18-,49-45+. The molecule has 0 aliphatic rings. The van der Waals surface area contributed by atoms with Crippen LogP contribution >= 0.6 is 0 Å². The van der Waals surface area contributed by atoms with Crippen LogP contribution in [0.15, 0.2) is 36.5 Å². The molecule has 6 heteroatoms. The quantitative estimate of drug-likeness (QED) is 0.0321. The van der Waals surface area contributed by atoms with E-state index in [1.54, 1.807) is 6.08 Å². The summed E-state index contributed by atoms with van der Waals surface area (Å²) >= 11 is 0. The molecule has 0 bridgehead atoms. The van der Waals surface area contributed by atoms with E-state index in [2.05, 4.69) is 43.5 Å². The van der Waals surface area contributed by atoms with Crippen LogP contribution in [0.25, 0.3) is 0 Å². The Hall–Kier alpha value is -1.92. The smallest absolute Gasteiger partial charge is 0.305 e. The number of carbonyl (C=O) groups is 2. The van der Waals surface area contributed by atoms with Gasteiger partial charge in [0.05, 0.1) is 25.4 Å². The highest BCUT2D eigenvalue weighted by Gasteiger charge is 2.18. The van der Waals surface area contributed by atoms with E-state index in [9.17, 15) is 19.8 Å². The van der Waals surface area contributed by atoms with Gasteiger partial charge in [0, 0.05) is 12.8 Å². The lowest BCUT2D eigenvalue weighted by Gasteiger charge is -2.20. The number of aliphatic hydroxyl groups excluding tert-OH is 2. The Morgan fingerprint density at radius 1 is 0.429 bits per heavy atom. The predicted octanol–water partition coefficient (Wildman–Crippen LogP) is 16.9. The van der Waals surface area contributed by atoms with Gasteiger partial charge in [0.15, 0.2) is 0 Å². The van der Waals surface area contributed by atoms with Crippen LogP contribution in [0.5, 0.6) is 0 Å². The number of ether oxygens (including phenoxy) is 1. The highest BCUT2D eigenvalue weighted by atomic mass is 16.5. The molecule has 0 saturated heterocycles. The second kappa shape index (κ2) is 52.7. The molecule has 0 rings (SSSR count). The van der Waals surface area contributed by atoms with Crippen LogP contribution in [0.2, 0.25) is 0 Å². The Kier molecular flexibility index (Phi) is 51.1. The number of carbonyl (C=O) groups excluding carboxylic acids is 2. The first kappa shape index (κ1) is 61.1. The van der Waals surface area contributed by atoms with E-state index in [1.807, 2.05) is 6.08 Å². The Morgan fingerprint density at radius 3 is 1.13 bits per heavy atom. The molecule has 370 valence electrons. The third kappa shape index (κ3) is 49.4. The minimum Gasteiger partial charge on any atom is -0.466 e. The number of aliphatic hydroxyl groups is 2. The molecule has 6 nitrogen and oxygen atoms in total. The van der Waals surface area contributed by atoms with Crippen LogP contribution in [-0.4, -0.2) is 47.4 Å². The van der Waals surface area contributed by atoms with Gasteiger partial charge in [-0.3, -0.25) is 9.59 Å². The first-order valence-electron chi connectivity index (χ1n) is 27.8. The highest BCUT2D eigenvalue weighted by Crippen LogP contribution is 2.15. The number of hydrogen-bond acceptors (Lipinski definition) is 5. The fourth-order valence-corrected chi connectivity index (χ4v) is 8.33. The van der Waals surface area contributed by atoms with Crippen LogP contribution in [-0.2, 0) is 14.3 Å². The van der Waals surface area contributed by atoms with Gasteiger partial charge in [0.2, 0.25) is 5.91 Å². The van der Waals surface area contributed by atoms with Gasteiger partial charge in [0.25, 0.3) is 0 Å². The lowest BCUT2D eigenvalue weighted by molar-refractivity contribution is -0.143. The van der Waals surface area contributed by atoms with Crippen LogP contribution in [0.3, 0.4) is 0 Å². The minimum atomic E-state index is -0.850. The molecule has 0 heterocycles. The highest BCUT2D eigenvalue weighted by molar-refractivity contribution is 5.76. The zero-order valence-electron chi connectivity index (χ0n) is 42.1. The molecule has 3 N–H and O–H groups in total. The zero-order valence-corrected chi connectivity index (χ0v) is 42.1. The Morgan fingerprint density at radius 2 is 0.746 bits per heavy atom. The van der Waals surface area contributed by atoms with E-state index in [-0.39, 0.29) is 18.5 Å². The van der Waals surface area contributed by atoms with Crippen LogP contribution in [0, 0.1) is 0 Å². The second-order valence-corrected chi connectivity index (χ2v) is 18.9. The summed E-state index contributed by atoms with van der Waals surface area (Å²) in [6, 6.07) is -0.634. The first-order valence-corrected chi connectivity index (χ1v) is 27.8. The van der Waals surface area contributed by atoms with E-state index >= 15 is 0 Å². The molecule has 2 unspecified atom stereocenters. The lowest BCUT2D eigenvalue weighted by Crippen LogP contribution is -2.45. The average molecular weight is 886 g/mol. The normalized spacial score (nSPS) is 12.9. The number of nitrogens with one attached hydrogen (secondary N) is 1. The van der Waals surface area contributed by atoms with Crippen LogP contribution in [0.4, 0.5) is 0 Å². The largest absolute Gasteiger partial charge is 0.466 e. The number of unbranched alkanes of at least 4 members (excludes halogenated alkanes) is 36. The maximum Gasteiger partial charge on any atom is 0.305 e. The molecule has 0 aliphatic carbocycles. The fraction of sp³-hybridized carbons (Fsp3) is 0.860. The molecule has 0 spiro atoms. The van der Waals surface area contributed by atoms with E-state index < -0.39 is 12.1 Å². The summed E-state index contributed by atoms with van der Waals surface area (Å²) in [5, 5.41) is 23.0. The zero-order chi connectivity index (χ0) is 45.8. The van der Waals surface area contributed by atoms with Gasteiger partial charge in [-0.25, -0.2) is 0 Å². The Bertz CT molecular complexity index is 1020. The molecule has 0 radical (unpaired) electrons. The lowest BCUT2D eigenvalue weighted by atomic mass is 10.0. The van der Waals surface area contributed by atoms with Crippen LogP contribution in [0.1, 0.15) is 290 Å². The van der Waals surface area contributed by atoms with E-state index in [0.29, 0.717) is 19.4 Å². The fourth-order valence-electron chi connectivity index (χ4n) is 8.33. The van der Waals surface area contributed by atoms with Gasteiger partial charge in [-0.05, 0) is 83.5 Å². The SMILES string of the molecule is CCCCCCC/C=C\CCCCCCCC(=O)OCCCCCCCCCC/C=C\CCCCCCCCCC(=O)NC(CO)C(O)/C=C/CCCCCCCCCCCCC. The van der Waals surface area contributed by atoms with Crippen LogP contribution < -0.4 is 5.32 Å². The molecule has 0 fully saturated rings.